The van der Waals surface area contributed by atoms with Crippen LogP contribution in [0.1, 0.15) is 24.0 Å². The normalized spacial score (nSPS) is 23.9. The lowest BCUT2D eigenvalue weighted by Crippen LogP contribution is -2.46. The van der Waals surface area contributed by atoms with Crippen molar-refractivity contribution in [2.75, 3.05) is 33.3 Å². The first-order chi connectivity index (χ1) is 16.9. The summed E-state index contributed by atoms with van der Waals surface area (Å²) < 4.78 is 32.2. The van der Waals surface area contributed by atoms with Gasteiger partial charge in [0.2, 0.25) is 5.91 Å². The summed E-state index contributed by atoms with van der Waals surface area (Å²) >= 11 is 0. The van der Waals surface area contributed by atoms with Crippen LogP contribution in [-0.2, 0) is 27.4 Å². The van der Waals surface area contributed by atoms with Gasteiger partial charge in [-0.25, -0.2) is 8.78 Å². The van der Waals surface area contributed by atoms with E-state index in [1.54, 1.807) is 0 Å². The number of benzene rings is 2. The number of primary amides is 1. The molecule has 4 unspecified atom stereocenters. The third kappa shape index (κ3) is 9.81. The van der Waals surface area contributed by atoms with E-state index in [0.29, 0.717) is 25.9 Å². The molecule has 2 fully saturated rings. The molecule has 2 heterocycles. The molecule has 10 heteroatoms. The van der Waals surface area contributed by atoms with Gasteiger partial charge in [-0.2, -0.15) is 0 Å². The summed E-state index contributed by atoms with van der Waals surface area (Å²) in [7, 11) is 1.31. The molecule has 8 nitrogen and oxygen atoms in total. The molecule has 7 N–H and O–H groups in total. The van der Waals surface area contributed by atoms with E-state index in [1.165, 1.54) is 12.7 Å². The Hall–Kier alpha value is -2.92. The summed E-state index contributed by atoms with van der Waals surface area (Å²) in [5.74, 6) is -2.15. The highest BCUT2D eigenvalue weighted by Crippen LogP contribution is 2.23. The smallest absolute Gasteiger partial charge is 0.311 e. The zero-order valence-electron chi connectivity index (χ0n) is 21.4. The molecular weight excluding hydrogens is 482 g/mol. The average Bonchev–Trinajstić information content (AvgIpc) is 2.85. The van der Waals surface area contributed by atoms with Crippen molar-refractivity contribution in [1.29, 1.82) is 0 Å². The van der Waals surface area contributed by atoms with Crippen molar-refractivity contribution in [3.63, 3.8) is 0 Å². The van der Waals surface area contributed by atoms with Gasteiger partial charge in [0, 0.05) is 26.2 Å². The first-order valence-electron chi connectivity index (χ1n) is 12.0. The lowest BCUT2D eigenvalue weighted by Gasteiger charge is -2.33. The maximum absolute atomic E-state index is 13.9. The number of carbonyl (C=O) groups is 2. The van der Waals surface area contributed by atoms with Crippen molar-refractivity contribution in [2.45, 2.75) is 38.3 Å². The molecule has 0 spiro atoms. The second-order valence-corrected chi connectivity index (χ2v) is 9.19. The molecule has 1 amide bonds. The summed E-state index contributed by atoms with van der Waals surface area (Å²) in [6, 6.07) is 19.9. The van der Waals surface area contributed by atoms with Gasteiger partial charge in [-0.3, -0.25) is 19.4 Å². The third-order valence-corrected chi connectivity index (χ3v) is 6.62. The molecule has 0 radical (unpaired) electrons. The molecule has 4 rings (SSSR count). The van der Waals surface area contributed by atoms with Crippen LogP contribution in [-0.4, -0.2) is 72.8 Å². The minimum absolute atomic E-state index is 0. The molecule has 2 aliphatic rings. The lowest BCUT2D eigenvalue weighted by molar-refractivity contribution is -0.150. The van der Waals surface area contributed by atoms with Gasteiger partial charge in [0.25, 0.3) is 0 Å². The standard InChI is InChI=1S/C14H18FNO2.C13H17FN2O.H3N.H2O/c1-18-14(17)12-7-8-16(10-13(12)15)9-11-5-3-2-4-6-11;14-12-9-16(7-6-11(12)13(15)17)8-10-4-2-1-3-5-10;;/h2-6,12-13H,7-10H2,1H3;1-5,11-12H,6-9H2,(H2,15,17);1H3;1H2. The largest absolute Gasteiger partial charge is 0.469 e. The minimum atomic E-state index is -1.13. The number of piperidine rings is 2. The summed E-state index contributed by atoms with van der Waals surface area (Å²) in [5.41, 5.74) is 7.49. The molecule has 37 heavy (non-hydrogen) atoms. The van der Waals surface area contributed by atoms with Crippen LogP contribution in [0.25, 0.3) is 0 Å². The summed E-state index contributed by atoms with van der Waals surface area (Å²) in [4.78, 5) is 26.4. The topological polar surface area (TPSA) is 142 Å². The van der Waals surface area contributed by atoms with E-state index in [4.69, 9.17) is 5.73 Å². The minimum Gasteiger partial charge on any atom is -0.469 e. The Bertz CT molecular complexity index is 939. The molecular formula is C27H40F2N4O4. The maximum atomic E-state index is 13.9. The van der Waals surface area contributed by atoms with E-state index >= 15 is 0 Å². The molecule has 2 aromatic carbocycles. The van der Waals surface area contributed by atoms with E-state index in [0.717, 1.165) is 31.7 Å². The average molecular weight is 523 g/mol. The van der Waals surface area contributed by atoms with Crippen LogP contribution in [0, 0.1) is 11.8 Å². The van der Waals surface area contributed by atoms with E-state index in [-0.39, 0.29) is 11.6 Å². The molecule has 4 atom stereocenters. The predicted molar refractivity (Wildman–Crippen MR) is 139 cm³/mol. The fraction of sp³-hybridized carbons (Fsp3) is 0.481. The van der Waals surface area contributed by atoms with Crippen molar-refractivity contribution in [1.82, 2.24) is 16.0 Å². The SMILES string of the molecule is COC(=O)C1CCN(Cc2ccccc2)CC1F.N.NC(=O)C1CCN(Cc2ccccc2)CC1F.O. The van der Waals surface area contributed by atoms with Crippen LogP contribution in [0.5, 0.6) is 0 Å². The molecule has 0 saturated carbocycles. The van der Waals surface area contributed by atoms with Crippen molar-refractivity contribution >= 4 is 11.9 Å². The van der Waals surface area contributed by atoms with E-state index in [9.17, 15) is 18.4 Å². The second kappa shape index (κ2) is 16.0. The highest BCUT2D eigenvalue weighted by molar-refractivity contribution is 5.77. The van der Waals surface area contributed by atoms with Crippen molar-refractivity contribution < 1.29 is 28.6 Å². The molecule has 206 valence electrons. The van der Waals surface area contributed by atoms with Crippen LogP contribution < -0.4 is 11.9 Å². The van der Waals surface area contributed by atoms with Gasteiger partial charge in [-0.1, -0.05) is 60.7 Å². The number of hydrogen-bond acceptors (Lipinski definition) is 6. The van der Waals surface area contributed by atoms with Crippen LogP contribution in [0.2, 0.25) is 0 Å². The molecule has 0 aromatic heterocycles. The predicted octanol–water partition coefficient (Wildman–Crippen LogP) is 2.69. The molecule has 0 aliphatic carbocycles. The Morgan fingerprint density at radius 2 is 1.24 bits per heavy atom. The van der Waals surface area contributed by atoms with Gasteiger partial charge in [0.15, 0.2) is 0 Å². The first-order valence-corrected chi connectivity index (χ1v) is 12.0. The van der Waals surface area contributed by atoms with Crippen LogP contribution >= 0.6 is 0 Å². The van der Waals surface area contributed by atoms with Crippen molar-refractivity contribution in [3.05, 3.63) is 71.8 Å². The number of nitrogens with zero attached hydrogens (tertiary/aromatic N) is 2. The van der Waals surface area contributed by atoms with Gasteiger partial charge in [-0.05, 0) is 37.1 Å². The number of alkyl halides is 2. The Kier molecular flexibility index (Phi) is 13.9. The molecule has 2 aliphatic heterocycles. The second-order valence-electron chi connectivity index (χ2n) is 9.19. The lowest BCUT2D eigenvalue weighted by atomic mass is 9.94. The summed E-state index contributed by atoms with van der Waals surface area (Å²) in [6.45, 7) is 3.51. The highest BCUT2D eigenvalue weighted by atomic mass is 19.1. The molecule has 2 saturated heterocycles. The fourth-order valence-electron chi connectivity index (χ4n) is 4.64. The van der Waals surface area contributed by atoms with Crippen LogP contribution in [0.15, 0.2) is 60.7 Å². The van der Waals surface area contributed by atoms with E-state index in [2.05, 4.69) is 4.74 Å². The summed E-state index contributed by atoms with van der Waals surface area (Å²) in [6.07, 6.45) is -1.22. The number of amides is 1. The van der Waals surface area contributed by atoms with E-state index in [1.807, 2.05) is 70.5 Å². The number of halogens is 2. The summed E-state index contributed by atoms with van der Waals surface area (Å²) in [5, 5.41) is 0. The quantitative estimate of drug-likeness (QED) is 0.559. The van der Waals surface area contributed by atoms with Gasteiger partial charge >= 0.3 is 5.97 Å². The van der Waals surface area contributed by atoms with Gasteiger partial charge < -0.3 is 22.1 Å². The highest BCUT2D eigenvalue weighted by Gasteiger charge is 2.35. The van der Waals surface area contributed by atoms with Gasteiger partial charge in [-0.15, -0.1) is 0 Å². The zero-order valence-corrected chi connectivity index (χ0v) is 21.4. The van der Waals surface area contributed by atoms with Crippen molar-refractivity contribution in [2.24, 2.45) is 17.6 Å². The maximum Gasteiger partial charge on any atom is 0.311 e. The monoisotopic (exact) mass is 522 g/mol. The Labute approximate surface area is 217 Å². The van der Waals surface area contributed by atoms with E-state index < -0.39 is 36.1 Å². The van der Waals surface area contributed by atoms with Gasteiger partial charge in [0.1, 0.15) is 12.3 Å². The Balaban J connectivity index is 0.000000351. The molecule has 0 bridgehead atoms. The number of esters is 1. The van der Waals surface area contributed by atoms with Crippen LogP contribution in [0.4, 0.5) is 8.78 Å². The number of ether oxygens (including phenoxy) is 1. The number of hydrogen-bond donors (Lipinski definition) is 2. The van der Waals surface area contributed by atoms with Crippen molar-refractivity contribution in [3.8, 4) is 0 Å². The number of carbonyl (C=O) groups excluding carboxylic acids is 2. The first kappa shape index (κ1) is 32.1. The van der Waals surface area contributed by atoms with Crippen LogP contribution in [0.3, 0.4) is 0 Å². The third-order valence-electron chi connectivity index (χ3n) is 6.62. The Morgan fingerprint density at radius 3 is 1.59 bits per heavy atom. The zero-order chi connectivity index (χ0) is 25.2. The number of rotatable bonds is 6. The number of nitrogens with two attached hydrogens (primary N) is 1. The fourth-order valence-corrected chi connectivity index (χ4v) is 4.64. The number of likely N-dealkylation sites (tertiary alicyclic amines) is 2. The Morgan fingerprint density at radius 1 is 0.838 bits per heavy atom. The molecule has 2 aromatic rings. The van der Waals surface area contributed by atoms with Gasteiger partial charge in [0.05, 0.1) is 18.9 Å². The number of methoxy groups -OCH3 is 1.